The maximum absolute atomic E-state index is 2.34. The summed E-state index contributed by atoms with van der Waals surface area (Å²) in [5, 5.41) is 2.82. The molecule has 2 aromatic carbocycles. The summed E-state index contributed by atoms with van der Waals surface area (Å²) in [6, 6.07) is 9.23. The molecule has 0 spiro atoms. The van der Waals surface area contributed by atoms with Gasteiger partial charge in [-0.05, 0) is 54.2 Å². The van der Waals surface area contributed by atoms with Gasteiger partial charge in [-0.1, -0.05) is 43.7 Å². The molecule has 0 radical (unpaired) electrons. The lowest BCUT2D eigenvalue weighted by Crippen LogP contribution is -1.92. The minimum absolute atomic E-state index is 0.601. The van der Waals surface area contributed by atoms with Gasteiger partial charge in [-0.3, -0.25) is 0 Å². The lowest BCUT2D eigenvalue weighted by atomic mass is 9.92. The topological polar surface area (TPSA) is 0 Å². The highest BCUT2D eigenvalue weighted by molar-refractivity contribution is 5.90. The van der Waals surface area contributed by atoms with E-state index in [1.54, 1.807) is 0 Å². The zero-order valence-electron chi connectivity index (χ0n) is 10.9. The van der Waals surface area contributed by atoms with Crippen LogP contribution in [0, 0.1) is 20.8 Å². The van der Waals surface area contributed by atoms with Crippen molar-refractivity contribution in [2.75, 3.05) is 0 Å². The van der Waals surface area contributed by atoms with Crippen LogP contribution in [-0.4, -0.2) is 0 Å². The third-order valence-corrected chi connectivity index (χ3v) is 3.28. The van der Waals surface area contributed by atoms with Crippen molar-refractivity contribution in [2.24, 2.45) is 0 Å². The van der Waals surface area contributed by atoms with Crippen LogP contribution < -0.4 is 0 Å². The zero-order valence-corrected chi connectivity index (χ0v) is 10.9. The number of fused-ring (bicyclic) bond motifs is 1. The summed E-state index contributed by atoms with van der Waals surface area (Å²) in [4.78, 5) is 0. The van der Waals surface area contributed by atoms with Crippen molar-refractivity contribution in [2.45, 2.75) is 40.5 Å². The predicted octanol–water partition coefficient (Wildman–Crippen LogP) is 4.89. The van der Waals surface area contributed by atoms with Crippen molar-refractivity contribution in [1.29, 1.82) is 0 Å². The first-order valence-electron chi connectivity index (χ1n) is 6.00. The van der Waals surface area contributed by atoms with Crippen molar-refractivity contribution < 1.29 is 0 Å². The molecule has 0 nitrogen and oxygen atoms in total. The molecule has 0 heterocycles. The molecule has 16 heavy (non-hydrogen) atoms. The van der Waals surface area contributed by atoms with Crippen LogP contribution in [-0.2, 0) is 0 Å². The highest BCUT2D eigenvalue weighted by Gasteiger charge is 2.06. The molecule has 0 saturated heterocycles. The second-order valence-electron chi connectivity index (χ2n) is 5.17. The zero-order chi connectivity index (χ0) is 11.9. The second-order valence-corrected chi connectivity index (χ2v) is 5.17. The summed E-state index contributed by atoms with van der Waals surface area (Å²) in [6.45, 7) is 11.1. The van der Waals surface area contributed by atoms with E-state index in [4.69, 9.17) is 0 Å². The molecule has 0 atom stereocenters. The van der Waals surface area contributed by atoms with Crippen LogP contribution in [0.3, 0.4) is 0 Å². The van der Waals surface area contributed by atoms with Gasteiger partial charge in [0.2, 0.25) is 0 Å². The normalized spacial score (nSPS) is 11.4. The molecule has 0 unspecified atom stereocenters. The Morgan fingerprint density at radius 2 is 1.44 bits per heavy atom. The molecule has 0 N–H and O–H groups in total. The van der Waals surface area contributed by atoms with Gasteiger partial charge >= 0.3 is 0 Å². The third kappa shape index (κ3) is 1.84. The van der Waals surface area contributed by atoms with Gasteiger partial charge in [0.05, 0.1) is 0 Å². The van der Waals surface area contributed by atoms with E-state index in [1.807, 2.05) is 0 Å². The molecular formula is C16H20. The molecule has 0 saturated carbocycles. The summed E-state index contributed by atoms with van der Waals surface area (Å²) < 4.78 is 0. The average Bonchev–Trinajstić information content (AvgIpc) is 2.15. The average molecular weight is 212 g/mol. The Bertz CT molecular complexity index is 533. The van der Waals surface area contributed by atoms with Crippen molar-refractivity contribution in [3.8, 4) is 0 Å². The molecular weight excluding hydrogens is 192 g/mol. The van der Waals surface area contributed by atoms with E-state index in [0.717, 1.165) is 0 Å². The molecule has 0 aliphatic carbocycles. The van der Waals surface area contributed by atoms with Crippen molar-refractivity contribution in [1.82, 2.24) is 0 Å². The van der Waals surface area contributed by atoms with E-state index in [0.29, 0.717) is 5.92 Å². The summed E-state index contributed by atoms with van der Waals surface area (Å²) in [6.07, 6.45) is 0. The maximum Gasteiger partial charge on any atom is -0.0125 e. The summed E-state index contributed by atoms with van der Waals surface area (Å²) >= 11 is 0. The molecule has 0 aliphatic rings. The molecule has 0 bridgehead atoms. The fourth-order valence-corrected chi connectivity index (χ4v) is 2.53. The van der Waals surface area contributed by atoms with Gasteiger partial charge in [0, 0.05) is 0 Å². The summed E-state index contributed by atoms with van der Waals surface area (Å²) in [5.41, 5.74) is 5.59. The Kier molecular flexibility index (Phi) is 2.75. The molecule has 84 valence electrons. The lowest BCUT2D eigenvalue weighted by Gasteiger charge is -2.12. The Morgan fingerprint density at radius 1 is 0.812 bits per heavy atom. The highest BCUT2D eigenvalue weighted by atomic mass is 14.1. The molecule has 0 aromatic heterocycles. The van der Waals surface area contributed by atoms with Gasteiger partial charge in [0.25, 0.3) is 0 Å². The van der Waals surface area contributed by atoms with Crippen LogP contribution in [0.4, 0.5) is 0 Å². The van der Waals surface area contributed by atoms with Crippen molar-refractivity contribution >= 4 is 10.8 Å². The number of rotatable bonds is 1. The fraction of sp³-hybridized carbons (Fsp3) is 0.375. The Balaban J connectivity index is 2.81. The number of aryl methyl sites for hydroxylation is 3. The fourth-order valence-electron chi connectivity index (χ4n) is 2.53. The summed E-state index contributed by atoms with van der Waals surface area (Å²) in [5.74, 6) is 0.601. The van der Waals surface area contributed by atoms with E-state index in [2.05, 4.69) is 58.9 Å². The van der Waals surface area contributed by atoms with Gasteiger partial charge in [-0.25, -0.2) is 0 Å². The monoisotopic (exact) mass is 212 g/mol. The van der Waals surface area contributed by atoms with Gasteiger partial charge in [0.15, 0.2) is 0 Å². The Morgan fingerprint density at radius 3 is 2.06 bits per heavy atom. The Hall–Kier alpha value is -1.30. The van der Waals surface area contributed by atoms with Gasteiger partial charge in [-0.2, -0.15) is 0 Å². The smallest absolute Gasteiger partial charge is 0.0125 e. The van der Waals surface area contributed by atoms with Crippen LogP contribution in [0.1, 0.15) is 42.0 Å². The maximum atomic E-state index is 2.34. The number of benzene rings is 2. The first-order valence-corrected chi connectivity index (χ1v) is 6.00. The first-order chi connectivity index (χ1) is 7.49. The van der Waals surface area contributed by atoms with E-state index in [-0.39, 0.29) is 0 Å². The highest BCUT2D eigenvalue weighted by Crippen LogP contribution is 2.28. The molecule has 0 heteroatoms. The van der Waals surface area contributed by atoms with Crippen molar-refractivity contribution in [3.63, 3.8) is 0 Å². The third-order valence-electron chi connectivity index (χ3n) is 3.28. The number of hydrogen-bond donors (Lipinski definition) is 0. The minimum Gasteiger partial charge on any atom is -0.0587 e. The largest absolute Gasteiger partial charge is 0.0587 e. The molecule has 2 rings (SSSR count). The van der Waals surface area contributed by atoms with Crippen molar-refractivity contribution in [3.05, 3.63) is 46.5 Å². The minimum atomic E-state index is 0.601. The molecule has 2 aromatic rings. The molecule has 0 amide bonds. The van der Waals surface area contributed by atoms with E-state index >= 15 is 0 Å². The quantitative estimate of drug-likeness (QED) is 0.631. The van der Waals surface area contributed by atoms with E-state index in [1.165, 1.54) is 33.0 Å². The van der Waals surface area contributed by atoms with Gasteiger partial charge < -0.3 is 0 Å². The van der Waals surface area contributed by atoms with Gasteiger partial charge in [-0.15, -0.1) is 0 Å². The standard InChI is InChI=1S/C16H20/c1-10(2)14-8-13(5)16-12(4)6-11(3)7-15(16)9-14/h6-10H,1-5H3. The predicted molar refractivity (Wildman–Crippen MR) is 72.2 cm³/mol. The first kappa shape index (κ1) is 11.2. The van der Waals surface area contributed by atoms with Crippen LogP contribution in [0.15, 0.2) is 24.3 Å². The lowest BCUT2D eigenvalue weighted by molar-refractivity contribution is 0.867. The number of hydrogen-bond acceptors (Lipinski definition) is 0. The van der Waals surface area contributed by atoms with Crippen LogP contribution in [0.2, 0.25) is 0 Å². The van der Waals surface area contributed by atoms with E-state index < -0.39 is 0 Å². The Labute approximate surface area is 98.3 Å². The molecule has 0 fully saturated rings. The van der Waals surface area contributed by atoms with Gasteiger partial charge in [0.1, 0.15) is 0 Å². The molecule has 0 aliphatic heterocycles. The van der Waals surface area contributed by atoms with Crippen LogP contribution in [0.5, 0.6) is 0 Å². The second kappa shape index (κ2) is 3.93. The van der Waals surface area contributed by atoms with E-state index in [9.17, 15) is 0 Å². The van der Waals surface area contributed by atoms with Crippen LogP contribution >= 0.6 is 0 Å². The SMILES string of the molecule is Cc1cc(C)c2c(C)cc(C(C)C)cc2c1. The van der Waals surface area contributed by atoms with Crippen LogP contribution in [0.25, 0.3) is 10.8 Å². The summed E-state index contributed by atoms with van der Waals surface area (Å²) in [7, 11) is 0.